The number of nitrogen functional groups attached to an aromatic ring is 1. The number of nitrogens with two attached hydrogens (primary N) is 1. The molecule has 2 heterocycles. The molecule has 4 nitrogen and oxygen atoms in total. The third-order valence-corrected chi connectivity index (χ3v) is 2.47. The Bertz CT molecular complexity index is 490. The molecule has 2 rings (SSSR count). The molecular weight excluding hydrogens is 260 g/mol. The molecule has 2 aromatic heterocycles. The summed E-state index contributed by atoms with van der Waals surface area (Å²) in [5.74, 6) is -0.0286. The van der Waals surface area contributed by atoms with Gasteiger partial charge in [0, 0.05) is 0 Å². The zero-order valence-corrected chi connectivity index (χ0v) is 9.19. The number of pyridine rings is 1. The first-order valence-electron chi connectivity index (χ1n) is 4.17. The molecule has 2 N–H and O–H groups in total. The highest BCUT2D eigenvalue weighted by Crippen LogP contribution is 2.20. The minimum absolute atomic E-state index is 0.243. The molecule has 0 saturated carbocycles. The predicted octanol–water partition coefficient (Wildman–Crippen LogP) is 2.25. The maximum absolute atomic E-state index is 11.8. The van der Waals surface area contributed by atoms with Crippen molar-refractivity contribution < 1.29 is 9.21 Å². The highest BCUT2D eigenvalue weighted by atomic mass is 79.9. The van der Waals surface area contributed by atoms with E-state index in [-0.39, 0.29) is 11.5 Å². The van der Waals surface area contributed by atoms with Gasteiger partial charge in [0.15, 0.2) is 5.76 Å². The lowest BCUT2D eigenvalue weighted by Crippen LogP contribution is -2.03. The molecule has 0 fully saturated rings. The second-order valence-corrected chi connectivity index (χ2v) is 3.76. The summed E-state index contributed by atoms with van der Waals surface area (Å²) in [5.41, 5.74) is 6.29. The van der Waals surface area contributed by atoms with Gasteiger partial charge in [0.2, 0.25) is 5.78 Å². The fraction of sp³-hybridized carbons (Fsp3) is 0. The highest BCUT2D eigenvalue weighted by Gasteiger charge is 2.16. The Labute approximate surface area is 94.2 Å². The smallest absolute Gasteiger partial charge is 0.247 e. The normalized spacial score (nSPS) is 10.2. The van der Waals surface area contributed by atoms with Crippen molar-refractivity contribution in [2.24, 2.45) is 0 Å². The molecular formula is C10H7BrN2O2. The van der Waals surface area contributed by atoms with Crippen molar-refractivity contribution in [2.75, 3.05) is 5.73 Å². The molecule has 0 amide bonds. The van der Waals surface area contributed by atoms with Gasteiger partial charge in [0.25, 0.3) is 0 Å². The molecule has 0 aliphatic heterocycles. The van der Waals surface area contributed by atoms with Crippen molar-refractivity contribution in [3.05, 3.63) is 46.6 Å². The van der Waals surface area contributed by atoms with Crippen molar-refractivity contribution in [1.82, 2.24) is 4.98 Å². The second kappa shape index (κ2) is 3.86. The highest BCUT2D eigenvalue weighted by molar-refractivity contribution is 9.10. The minimum atomic E-state index is -0.271. The fourth-order valence-corrected chi connectivity index (χ4v) is 1.49. The van der Waals surface area contributed by atoms with Gasteiger partial charge in [-0.2, -0.15) is 0 Å². The minimum Gasteiger partial charge on any atom is -0.460 e. The third-order valence-electron chi connectivity index (χ3n) is 1.84. The average Bonchev–Trinajstić information content (AvgIpc) is 2.65. The quantitative estimate of drug-likeness (QED) is 0.847. The van der Waals surface area contributed by atoms with E-state index in [1.54, 1.807) is 18.2 Å². The number of ketones is 1. The Morgan fingerprint density at radius 2 is 2.20 bits per heavy atom. The van der Waals surface area contributed by atoms with Crippen LogP contribution in [0.5, 0.6) is 0 Å². The first-order valence-corrected chi connectivity index (χ1v) is 4.97. The molecule has 2 aromatic rings. The molecule has 0 unspecified atom stereocenters. The number of carbonyl (C=O) groups is 1. The SMILES string of the molecule is Nc1ccc(C(=O)c2occc2Br)nc1. The summed E-state index contributed by atoms with van der Waals surface area (Å²) < 4.78 is 5.66. The summed E-state index contributed by atoms with van der Waals surface area (Å²) in [6.07, 6.45) is 2.87. The molecule has 0 atom stereocenters. The zero-order chi connectivity index (χ0) is 10.8. The zero-order valence-electron chi connectivity index (χ0n) is 7.61. The number of hydrogen-bond acceptors (Lipinski definition) is 4. The molecule has 0 radical (unpaired) electrons. The number of furan rings is 1. The van der Waals surface area contributed by atoms with E-state index in [1.807, 2.05) is 0 Å². The van der Waals surface area contributed by atoms with Crippen LogP contribution in [-0.2, 0) is 0 Å². The van der Waals surface area contributed by atoms with Gasteiger partial charge in [-0.05, 0) is 34.1 Å². The Morgan fingerprint density at radius 3 is 2.73 bits per heavy atom. The van der Waals surface area contributed by atoms with Gasteiger partial charge in [-0.25, -0.2) is 0 Å². The number of halogens is 1. The van der Waals surface area contributed by atoms with Crippen LogP contribution in [0.25, 0.3) is 0 Å². The summed E-state index contributed by atoms with van der Waals surface area (Å²) in [6.45, 7) is 0. The van der Waals surface area contributed by atoms with Crippen molar-refractivity contribution in [3.8, 4) is 0 Å². The number of hydrogen-bond donors (Lipinski definition) is 1. The summed E-state index contributed by atoms with van der Waals surface area (Å²) in [6, 6.07) is 4.84. The van der Waals surface area contributed by atoms with Crippen LogP contribution in [0, 0.1) is 0 Å². The van der Waals surface area contributed by atoms with Crippen molar-refractivity contribution in [1.29, 1.82) is 0 Å². The standard InChI is InChI=1S/C10H7BrN2O2/c11-7-3-4-15-10(7)9(14)8-2-1-6(12)5-13-8/h1-5H,12H2. The third kappa shape index (κ3) is 1.92. The molecule has 0 bridgehead atoms. The largest absolute Gasteiger partial charge is 0.460 e. The Kier molecular flexibility index (Phi) is 2.55. The monoisotopic (exact) mass is 266 g/mol. The van der Waals surface area contributed by atoms with Crippen LogP contribution in [-0.4, -0.2) is 10.8 Å². The average molecular weight is 267 g/mol. The van der Waals surface area contributed by atoms with Crippen molar-refractivity contribution in [2.45, 2.75) is 0 Å². The lowest BCUT2D eigenvalue weighted by atomic mass is 10.2. The summed E-state index contributed by atoms with van der Waals surface area (Å²) in [4.78, 5) is 15.7. The molecule has 0 aromatic carbocycles. The number of aromatic nitrogens is 1. The Morgan fingerprint density at radius 1 is 1.40 bits per heavy atom. The van der Waals surface area contributed by atoms with E-state index in [9.17, 15) is 4.79 Å². The molecule has 0 aliphatic carbocycles. The Hall–Kier alpha value is -1.62. The lowest BCUT2D eigenvalue weighted by molar-refractivity contribution is 0.100. The summed E-state index contributed by atoms with van der Waals surface area (Å²) in [5, 5.41) is 0. The van der Waals surface area contributed by atoms with E-state index >= 15 is 0 Å². The number of nitrogens with zero attached hydrogens (tertiary/aromatic N) is 1. The maximum atomic E-state index is 11.8. The van der Waals surface area contributed by atoms with Gasteiger partial charge >= 0.3 is 0 Å². The van der Waals surface area contributed by atoms with Gasteiger partial charge in [0.1, 0.15) is 5.69 Å². The maximum Gasteiger partial charge on any atom is 0.247 e. The van der Waals surface area contributed by atoms with Gasteiger partial charge in [0.05, 0.1) is 22.6 Å². The predicted molar refractivity (Wildman–Crippen MR) is 58.5 cm³/mol. The summed E-state index contributed by atoms with van der Waals surface area (Å²) in [7, 11) is 0. The van der Waals surface area contributed by atoms with Crippen LogP contribution in [0.15, 0.2) is 39.5 Å². The number of rotatable bonds is 2. The van der Waals surface area contributed by atoms with Crippen LogP contribution in [0.2, 0.25) is 0 Å². The van der Waals surface area contributed by atoms with E-state index in [0.717, 1.165) is 0 Å². The van der Waals surface area contributed by atoms with Crippen LogP contribution in [0.3, 0.4) is 0 Å². The van der Waals surface area contributed by atoms with Gasteiger partial charge < -0.3 is 10.2 Å². The molecule has 0 saturated heterocycles. The molecule has 15 heavy (non-hydrogen) atoms. The van der Waals surface area contributed by atoms with Crippen molar-refractivity contribution >= 4 is 27.4 Å². The van der Waals surface area contributed by atoms with Crippen LogP contribution in [0.1, 0.15) is 16.2 Å². The van der Waals surface area contributed by atoms with E-state index in [2.05, 4.69) is 20.9 Å². The van der Waals surface area contributed by atoms with E-state index < -0.39 is 0 Å². The Balaban J connectivity index is 2.37. The molecule has 76 valence electrons. The first-order chi connectivity index (χ1) is 7.18. The molecule has 0 aliphatic rings. The number of anilines is 1. The van der Waals surface area contributed by atoms with Crippen LogP contribution < -0.4 is 5.73 Å². The second-order valence-electron chi connectivity index (χ2n) is 2.90. The molecule has 0 spiro atoms. The van der Waals surface area contributed by atoms with Crippen LogP contribution >= 0.6 is 15.9 Å². The van der Waals surface area contributed by atoms with Crippen LogP contribution in [0.4, 0.5) is 5.69 Å². The number of carbonyl (C=O) groups excluding carboxylic acids is 1. The fourth-order valence-electron chi connectivity index (χ4n) is 1.11. The van der Waals surface area contributed by atoms with Crippen molar-refractivity contribution in [3.63, 3.8) is 0 Å². The van der Waals surface area contributed by atoms with E-state index in [1.165, 1.54) is 12.5 Å². The lowest BCUT2D eigenvalue weighted by Gasteiger charge is -1.97. The molecule has 5 heteroatoms. The van der Waals surface area contributed by atoms with Gasteiger partial charge in [-0.1, -0.05) is 0 Å². The topological polar surface area (TPSA) is 69.1 Å². The van der Waals surface area contributed by atoms with E-state index in [4.69, 9.17) is 10.2 Å². The van der Waals surface area contributed by atoms with Gasteiger partial charge in [-0.3, -0.25) is 9.78 Å². The first kappa shape index (κ1) is 9.92. The van der Waals surface area contributed by atoms with Gasteiger partial charge in [-0.15, -0.1) is 0 Å². The van der Waals surface area contributed by atoms with E-state index in [0.29, 0.717) is 15.9 Å². The summed E-state index contributed by atoms with van der Waals surface area (Å²) >= 11 is 3.21.